The van der Waals surface area contributed by atoms with Crippen molar-refractivity contribution in [3.63, 3.8) is 0 Å². The number of benzene rings is 1. The average Bonchev–Trinajstić information content (AvgIpc) is 3.33. The molecule has 2 aliphatic rings. The lowest BCUT2D eigenvalue weighted by molar-refractivity contribution is -0.124. The van der Waals surface area contributed by atoms with Gasteiger partial charge in [0.2, 0.25) is 5.91 Å². The monoisotopic (exact) mass is 347 g/mol. The topological polar surface area (TPSA) is 49.3 Å². The van der Waals surface area contributed by atoms with Crippen LogP contribution in [0.1, 0.15) is 64.4 Å². The first kappa shape index (κ1) is 18.4. The molecular weight excluding hydrogens is 317 g/mol. The molecule has 2 fully saturated rings. The molecule has 2 N–H and O–H groups in total. The third kappa shape index (κ3) is 4.41. The number of amides is 1. The quantitative estimate of drug-likeness (QED) is 0.864. The van der Waals surface area contributed by atoms with Gasteiger partial charge in [0.1, 0.15) is 5.82 Å². The fourth-order valence-electron chi connectivity index (χ4n) is 4.17. The molecule has 0 bridgehead atoms. The second kappa shape index (κ2) is 6.71. The molecule has 2 atom stereocenters. The predicted molar refractivity (Wildman–Crippen MR) is 96.6 cm³/mol. The van der Waals surface area contributed by atoms with E-state index in [2.05, 4.69) is 26.1 Å². The third-order valence-corrected chi connectivity index (χ3v) is 6.14. The molecule has 1 aromatic carbocycles. The highest BCUT2D eigenvalue weighted by Crippen LogP contribution is 2.48. The Labute approximate surface area is 150 Å². The first-order chi connectivity index (χ1) is 11.7. The van der Waals surface area contributed by atoms with Crippen molar-refractivity contribution >= 4 is 5.91 Å². The van der Waals surface area contributed by atoms with Crippen molar-refractivity contribution in [3.8, 4) is 0 Å². The van der Waals surface area contributed by atoms with Crippen LogP contribution in [0.5, 0.6) is 0 Å². The molecule has 0 radical (unpaired) electrons. The zero-order chi connectivity index (χ0) is 18.2. The number of carbonyl (C=O) groups excluding carboxylic acids is 1. The smallest absolute Gasteiger partial charge is 0.223 e. The summed E-state index contributed by atoms with van der Waals surface area (Å²) in [4.78, 5) is 12.4. The predicted octanol–water partition coefficient (Wildman–Crippen LogP) is 4.01. The summed E-state index contributed by atoms with van der Waals surface area (Å²) in [6.07, 6.45) is 4.26. The maximum atomic E-state index is 13.3. The summed E-state index contributed by atoms with van der Waals surface area (Å²) < 4.78 is 13.3. The fourth-order valence-corrected chi connectivity index (χ4v) is 4.17. The zero-order valence-electron chi connectivity index (χ0n) is 15.5. The molecule has 138 valence electrons. The Hall–Kier alpha value is -1.42. The molecule has 0 aliphatic heterocycles. The Morgan fingerprint density at radius 1 is 1.32 bits per heavy atom. The van der Waals surface area contributed by atoms with Gasteiger partial charge in [0.05, 0.1) is 5.60 Å². The summed E-state index contributed by atoms with van der Waals surface area (Å²) in [6, 6.07) is 6.50. The molecule has 2 saturated carbocycles. The van der Waals surface area contributed by atoms with Crippen molar-refractivity contribution in [1.29, 1.82) is 0 Å². The van der Waals surface area contributed by atoms with Crippen molar-refractivity contribution < 1.29 is 14.3 Å². The van der Waals surface area contributed by atoms with E-state index in [1.807, 2.05) is 6.07 Å². The minimum absolute atomic E-state index is 0.0133. The van der Waals surface area contributed by atoms with E-state index in [1.54, 1.807) is 6.07 Å². The van der Waals surface area contributed by atoms with Gasteiger partial charge in [-0.3, -0.25) is 4.79 Å². The first-order valence-electron chi connectivity index (χ1n) is 9.43. The van der Waals surface area contributed by atoms with E-state index >= 15 is 0 Å². The minimum atomic E-state index is -0.777. The van der Waals surface area contributed by atoms with Crippen molar-refractivity contribution in [3.05, 3.63) is 35.6 Å². The second-order valence-electron chi connectivity index (χ2n) is 9.09. The molecule has 0 spiro atoms. The second-order valence-corrected chi connectivity index (χ2v) is 9.09. The van der Waals surface area contributed by atoms with Crippen LogP contribution in [0, 0.1) is 23.1 Å². The van der Waals surface area contributed by atoms with E-state index in [4.69, 9.17) is 0 Å². The van der Waals surface area contributed by atoms with Gasteiger partial charge in [-0.1, -0.05) is 32.9 Å². The van der Waals surface area contributed by atoms with Crippen LogP contribution in [0.4, 0.5) is 4.39 Å². The van der Waals surface area contributed by atoms with E-state index in [-0.39, 0.29) is 29.0 Å². The largest absolute Gasteiger partial charge is 0.388 e. The highest BCUT2D eigenvalue weighted by molar-refractivity contribution is 5.82. The number of aliphatic hydroxyl groups is 1. The van der Waals surface area contributed by atoms with Gasteiger partial charge in [0, 0.05) is 12.5 Å². The Kier molecular flexibility index (Phi) is 4.93. The minimum Gasteiger partial charge on any atom is -0.388 e. The molecule has 0 heterocycles. The van der Waals surface area contributed by atoms with Crippen LogP contribution < -0.4 is 5.32 Å². The lowest BCUT2D eigenvalue weighted by atomic mass is 9.68. The zero-order valence-corrected chi connectivity index (χ0v) is 15.5. The van der Waals surface area contributed by atoms with Gasteiger partial charge < -0.3 is 10.4 Å². The van der Waals surface area contributed by atoms with Crippen LogP contribution in [-0.2, 0) is 4.79 Å². The lowest BCUT2D eigenvalue weighted by Gasteiger charge is -2.41. The van der Waals surface area contributed by atoms with Crippen LogP contribution in [-0.4, -0.2) is 23.2 Å². The van der Waals surface area contributed by atoms with Gasteiger partial charge in [-0.2, -0.15) is 0 Å². The van der Waals surface area contributed by atoms with Crippen molar-refractivity contribution in [1.82, 2.24) is 5.32 Å². The Morgan fingerprint density at radius 3 is 2.60 bits per heavy atom. The van der Waals surface area contributed by atoms with E-state index in [0.29, 0.717) is 12.5 Å². The molecule has 1 aromatic rings. The van der Waals surface area contributed by atoms with Gasteiger partial charge in [-0.25, -0.2) is 4.39 Å². The molecule has 25 heavy (non-hydrogen) atoms. The van der Waals surface area contributed by atoms with Gasteiger partial charge in [0.15, 0.2) is 0 Å². The van der Waals surface area contributed by atoms with E-state index < -0.39 is 5.60 Å². The SMILES string of the molecule is CC(C)(C)C1CCC(O)(CNC(=O)[C@H]2C[C@H]2c2cccc(F)c2)CC1. The molecule has 3 nitrogen and oxygen atoms in total. The maximum Gasteiger partial charge on any atom is 0.223 e. The Bertz CT molecular complexity index is 629. The lowest BCUT2D eigenvalue weighted by Crippen LogP contribution is -2.47. The number of carbonyl (C=O) groups is 1. The van der Waals surface area contributed by atoms with Crippen molar-refractivity contribution in [2.24, 2.45) is 17.3 Å². The highest BCUT2D eigenvalue weighted by atomic mass is 19.1. The van der Waals surface area contributed by atoms with Gasteiger partial charge >= 0.3 is 0 Å². The standard InChI is InChI=1S/C21H30FNO2/c1-20(2,3)15-7-9-21(25,10-8-15)13-23-19(24)18-12-17(18)14-5-4-6-16(22)11-14/h4-6,11,15,17-18,25H,7-10,12-13H2,1-3H3,(H,23,24)/t15?,17-,18-,21?/m0/s1. The maximum absolute atomic E-state index is 13.3. The molecule has 2 aliphatic carbocycles. The van der Waals surface area contributed by atoms with Gasteiger partial charge in [-0.15, -0.1) is 0 Å². The number of hydrogen-bond donors (Lipinski definition) is 2. The van der Waals surface area contributed by atoms with Crippen LogP contribution in [0.2, 0.25) is 0 Å². The summed E-state index contributed by atoms with van der Waals surface area (Å²) in [5, 5.41) is 13.7. The number of halogens is 1. The molecule has 1 amide bonds. The molecular formula is C21H30FNO2. The average molecular weight is 347 g/mol. The summed E-state index contributed by atoms with van der Waals surface area (Å²) >= 11 is 0. The summed E-state index contributed by atoms with van der Waals surface area (Å²) in [5.41, 5.74) is 0.391. The van der Waals surface area contributed by atoms with Crippen LogP contribution in [0.3, 0.4) is 0 Å². The molecule has 0 unspecified atom stereocenters. The number of nitrogens with one attached hydrogen (secondary N) is 1. The molecule has 3 rings (SSSR count). The highest BCUT2D eigenvalue weighted by Gasteiger charge is 2.45. The summed E-state index contributed by atoms with van der Waals surface area (Å²) in [6.45, 7) is 7.09. The van der Waals surface area contributed by atoms with E-state index in [0.717, 1.165) is 37.7 Å². The Balaban J connectivity index is 1.47. The summed E-state index contributed by atoms with van der Waals surface area (Å²) in [5.74, 6) is 0.386. The first-order valence-corrected chi connectivity index (χ1v) is 9.43. The normalized spacial score (nSPS) is 32.3. The summed E-state index contributed by atoms with van der Waals surface area (Å²) in [7, 11) is 0. The molecule has 4 heteroatoms. The van der Waals surface area contributed by atoms with E-state index in [9.17, 15) is 14.3 Å². The van der Waals surface area contributed by atoms with Crippen LogP contribution in [0.25, 0.3) is 0 Å². The van der Waals surface area contributed by atoms with Crippen molar-refractivity contribution in [2.45, 2.75) is 64.4 Å². The van der Waals surface area contributed by atoms with Gasteiger partial charge in [-0.05, 0) is 67.1 Å². The van der Waals surface area contributed by atoms with Crippen molar-refractivity contribution in [2.75, 3.05) is 6.54 Å². The fraction of sp³-hybridized carbons (Fsp3) is 0.667. The van der Waals surface area contributed by atoms with Crippen LogP contribution >= 0.6 is 0 Å². The number of rotatable bonds is 4. The Morgan fingerprint density at radius 2 is 2.00 bits per heavy atom. The third-order valence-electron chi connectivity index (χ3n) is 6.14. The number of hydrogen-bond acceptors (Lipinski definition) is 2. The molecule has 0 aromatic heterocycles. The molecule has 0 saturated heterocycles. The van der Waals surface area contributed by atoms with E-state index in [1.165, 1.54) is 12.1 Å². The van der Waals surface area contributed by atoms with Crippen LogP contribution in [0.15, 0.2) is 24.3 Å². The van der Waals surface area contributed by atoms with Gasteiger partial charge in [0.25, 0.3) is 0 Å².